The highest BCUT2D eigenvalue weighted by Crippen LogP contribution is 2.10. The highest BCUT2D eigenvalue weighted by molar-refractivity contribution is 5.76. The molecule has 0 aliphatic carbocycles. The summed E-state index contributed by atoms with van der Waals surface area (Å²) in [6, 6.07) is -0.479. The zero-order valence-corrected chi connectivity index (χ0v) is 8.81. The van der Waals surface area contributed by atoms with Crippen molar-refractivity contribution in [2.75, 3.05) is 26.3 Å². The second-order valence-corrected chi connectivity index (χ2v) is 3.67. The smallest absolute Gasteiger partial charge is 0.334 e. The van der Waals surface area contributed by atoms with Gasteiger partial charge in [-0.3, -0.25) is 0 Å². The van der Waals surface area contributed by atoms with E-state index in [1.807, 2.05) is 0 Å². The van der Waals surface area contributed by atoms with Gasteiger partial charge in [-0.05, 0) is 6.42 Å². The van der Waals surface area contributed by atoms with E-state index in [0.717, 1.165) is 6.42 Å². The van der Waals surface area contributed by atoms with Crippen molar-refractivity contribution in [1.82, 2.24) is 10.6 Å². The van der Waals surface area contributed by atoms with Crippen LogP contribution in [0, 0.1) is 5.92 Å². The van der Waals surface area contributed by atoms with Crippen LogP contribution in [0.25, 0.3) is 0 Å². The van der Waals surface area contributed by atoms with Crippen LogP contribution in [-0.2, 0) is 9.53 Å². The Kier molecular flexibility index (Phi) is 5.00. The molecule has 1 aliphatic rings. The van der Waals surface area contributed by atoms with Gasteiger partial charge in [0.2, 0.25) is 0 Å². The highest BCUT2D eigenvalue weighted by Gasteiger charge is 2.17. The SMILES string of the molecule is O=C(NCC1CCOC1)NCC(O)C(=O)O. The predicted octanol–water partition coefficient (Wildman–Crippen LogP) is -1.23. The second-order valence-electron chi connectivity index (χ2n) is 3.67. The lowest BCUT2D eigenvalue weighted by Gasteiger charge is -2.11. The van der Waals surface area contributed by atoms with Crippen molar-refractivity contribution in [2.45, 2.75) is 12.5 Å². The van der Waals surface area contributed by atoms with Crippen molar-refractivity contribution in [3.05, 3.63) is 0 Å². The Bertz CT molecular complexity index is 252. The molecule has 1 fully saturated rings. The zero-order valence-electron chi connectivity index (χ0n) is 8.81. The summed E-state index contributed by atoms with van der Waals surface area (Å²) in [6.07, 6.45) is -0.654. The van der Waals surface area contributed by atoms with Gasteiger partial charge in [0.1, 0.15) is 0 Å². The van der Waals surface area contributed by atoms with Crippen LogP contribution in [0.1, 0.15) is 6.42 Å². The van der Waals surface area contributed by atoms with Gasteiger partial charge in [0.15, 0.2) is 6.10 Å². The zero-order chi connectivity index (χ0) is 12.0. The first-order chi connectivity index (χ1) is 7.59. The van der Waals surface area contributed by atoms with Gasteiger partial charge in [-0.25, -0.2) is 9.59 Å². The molecule has 0 bridgehead atoms. The van der Waals surface area contributed by atoms with Crippen LogP contribution in [0.15, 0.2) is 0 Å². The third-order valence-electron chi connectivity index (χ3n) is 2.32. The van der Waals surface area contributed by atoms with Gasteiger partial charge in [0, 0.05) is 19.1 Å². The monoisotopic (exact) mass is 232 g/mol. The largest absolute Gasteiger partial charge is 0.479 e. The van der Waals surface area contributed by atoms with Gasteiger partial charge >= 0.3 is 12.0 Å². The number of carbonyl (C=O) groups excluding carboxylic acids is 1. The maximum absolute atomic E-state index is 11.2. The molecule has 16 heavy (non-hydrogen) atoms. The minimum absolute atomic E-state index is 0.303. The van der Waals surface area contributed by atoms with Crippen molar-refractivity contribution in [3.63, 3.8) is 0 Å². The number of rotatable bonds is 5. The number of amides is 2. The number of carboxylic acids is 1. The first-order valence-electron chi connectivity index (χ1n) is 5.10. The number of ether oxygens (including phenoxy) is 1. The molecular weight excluding hydrogens is 216 g/mol. The molecule has 0 aromatic heterocycles. The Morgan fingerprint density at radius 1 is 1.44 bits per heavy atom. The van der Waals surface area contributed by atoms with Crippen molar-refractivity contribution in [3.8, 4) is 0 Å². The molecule has 1 aliphatic heterocycles. The maximum Gasteiger partial charge on any atom is 0.334 e. The fourth-order valence-electron chi connectivity index (χ4n) is 1.32. The molecule has 4 N–H and O–H groups in total. The Labute approximate surface area is 92.8 Å². The quantitative estimate of drug-likeness (QED) is 0.474. The lowest BCUT2D eigenvalue weighted by Crippen LogP contribution is -2.43. The molecule has 0 aromatic carbocycles. The number of hydrogen-bond acceptors (Lipinski definition) is 4. The lowest BCUT2D eigenvalue weighted by molar-refractivity contribution is -0.146. The summed E-state index contributed by atoms with van der Waals surface area (Å²) >= 11 is 0. The number of carboxylic acid groups (broad SMARTS) is 1. The van der Waals surface area contributed by atoms with Gasteiger partial charge in [0.25, 0.3) is 0 Å². The van der Waals surface area contributed by atoms with Crippen molar-refractivity contribution in [1.29, 1.82) is 0 Å². The van der Waals surface area contributed by atoms with E-state index in [4.69, 9.17) is 14.9 Å². The van der Waals surface area contributed by atoms with Crippen LogP contribution >= 0.6 is 0 Å². The molecule has 2 amide bonds. The lowest BCUT2D eigenvalue weighted by atomic mass is 10.1. The number of aliphatic carboxylic acids is 1. The average Bonchev–Trinajstić information content (AvgIpc) is 2.75. The van der Waals surface area contributed by atoms with E-state index in [0.29, 0.717) is 25.7 Å². The van der Waals surface area contributed by atoms with Gasteiger partial charge in [-0.2, -0.15) is 0 Å². The van der Waals surface area contributed by atoms with E-state index >= 15 is 0 Å². The Hall–Kier alpha value is -1.34. The summed E-state index contributed by atoms with van der Waals surface area (Å²) in [5.41, 5.74) is 0. The number of aliphatic hydroxyl groups is 1. The fraction of sp³-hybridized carbons (Fsp3) is 0.778. The van der Waals surface area contributed by atoms with E-state index < -0.39 is 18.1 Å². The van der Waals surface area contributed by atoms with Crippen LogP contribution < -0.4 is 10.6 Å². The Morgan fingerprint density at radius 2 is 2.19 bits per heavy atom. The number of hydrogen-bond donors (Lipinski definition) is 4. The summed E-state index contributed by atoms with van der Waals surface area (Å²) in [7, 11) is 0. The first-order valence-corrected chi connectivity index (χ1v) is 5.10. The average molecular weight is 232 g/mol. The molecule has 92 valence electrons. The Balaban J connectivity index is 2.08. The third-order valence-corrected chi connectivity index (χ3v) is 2.32. The first kappa shape index (κ1) is 12.7. The van der Waals surface area contributed by atoms with Crippen LogP contribution in [-0.4, -0.2) is 54.6 Å². The molecular formula is C9H16N2O5. The summed E-state index contributed by atoms with van der Waals surface area (Å²) in [6.45, 7) is 1.54. The molecule has 7 heteroatoms. The van der Waals surface area contributed by atoms with Crippen LogP contribution in [0.2, 0.25) is 0 Å². The van der Waals surface area contributed by atoms with Crippen LogP contribution in [0.3, 0.4) is 0 Å². The van der Waals surface area contributed by atoms with Gasteiger partial charge < -0.3 is 25.6 Å². The standard InChI is InChI=1S/C9H16N2O5/c12-7(8(13)14)4-11-9(15)10-3-6-1-2-16-5-6/h6-7,12H,1-5H2,(H,13,14)(H2,10,11,15). The number of urea groups is 1. The van der Waals surface area contributed by atoms with E-state index in [1.54, 1.807) is 0 Å². The number of carbonyl (C=O) groups is 2. The third kappa shape index (κ3) is 4.45. The Morgan fingerprint density at radius 3 is 2.75 bits per heavy atom. The summed E-state index contributed by atoms with van der Waals surface area (Å²) < 4.78 is 5.13. The number of aliphatic hydroxyl groups excluding tert-OH is 1. The molecule has 2 atom stereocenters. The topological polar surface area (TPSA) is 108 Å². The van der Waals surface area contributed by atoms with Crippen molar-refractivity contribution < 1.29 is 24.5 Å². The van der Waals surface area contributed by atoms with E-state index in [1.165, 1.54) is 0 Å². The van der Waals surface area contributed by atoms with Crippen LogP contribution in [0.5, 0.6) is 0 Å². The van der Waals surface area contributed by atoms with E-state index in [-0.39, 0.29) is 6.54 Å². The number of nitrogens with one attached hydrogen (secondary N) is 2. The maximum atomic E-state index is 11.2. The molecule has 0 radical (unpaired) electrons. The molecule has 2 unspecified atom stereocenters. The van der Waals surface area contributed by atoms with E-state index in [2.05, 4.69) is 10.6 Å². The second kappa shape index (κ2) is 6.29. The van der Waals surface area contributed by atoms with Crippen LogP contribution in [0.4, 0.5) is 4.79 Å². The van der Waals surface area contributed by atoms with Gasteiger partial charge in [0.05, 0.1) is 13.2 Å². The summed E-state index contributed by atoms with van der Waals surface area (Å²) in [4.78, 5) is 21.4. The van der Waals surface area contributed by atoms with Gasteiger partial charge in [-0.1, -0.05) is 0 Å². The van der Waals surface area contributed by atoms with Crippen molar-refractivity contribution in [2.24, 2.45) is 5.92 Å². The van der Waals surface area contributed by atoms with E-state index in [9.17, 15) is 9.59 Å². The molecule has 1 heterocycles. The fourth-order valence-corrected chi connectivity index (χ4v) is 1.32. The minimum Gasteiger partial charge on any atom is -0.479 e. The molecule has 7 nitrogen and oxygen atoms in total. The van der Waals surface area contributed by atoms with Crippen molar-refractivity contribution >= 4 is 12.0 Å². The highest BCUT2D eigenvalue weighted by atomic mass is 16.5. The molecule has 0 saturated carbocycles. The summed E-state index contributed by atoms with van der Waals surface area (Å²) in [5, 5.41) is 22.1. The molecule has 0 aromatic rings. The molecule has 1 rings (SSSR count). The summed E-state index contributed by atoms with van der Waals surface area (Å²) in [5.74, 6) is -1.04. The minimum atomic E-state index is -1.57. The predicted molar refractivity (Wildman–Crippen MR) is 54.0 cm³/mol. The normalized spacial score (nSPS) is 21.4. The molecule has 1 saturated heterocycles. The van der Waals surface area contributed by atoms with Gasteiger partial charge in [-0.15, -0.1) is 0 Å². The molecule has 0 spiro atoms.